The molecular formula is C16H13BrClNO3. The molecule has 1 N–H and O–H groups in total. The topological polar surface area (TPSA) is 55.4 Å². The molecule has 0 aliphatic rings. The number of hydrogen-bond donors (Lipinski definition) is 1. The molecule has 0 radical (unpaired) electrons. The second-order valence-corrected chi connectivity index (χ2v) is 5.80. The van der Waals surface area contributed by atoms with Crippen LogP contribution in [-0.4, -0.2) is 24.8 Å². The van der Waals surface area contributed by atoms with Crippen molar-refractivity contribution in [3.8, 4) is 5.75 Å². The average Bonchev–Trinajstić information content (AvgIpc) is 2.52. The smallest absolute Gasteiger partial charge is 0.258 e. The minimum atomic E-state index is -0.356. The van der Waals surface area contributed by atoms with Crippen molar-refractivity contribution in [2.75, 3.05) is 13.2 Å². The number of carbonyl (C=O) groups is 2. The lowest BCUT2D eigenvalue weighted by atomic mass is 10.1. The van der Waals surface area contributed by atoms with Crippen molar-refractivity contribution in [1.29, 1.82) is 0 Å². The Balaban J connectivity index is 1.76. The zero-order valence-corrected chi connectivity index (χ0v) is 13.9. The number of rotatable bonds is 6. The standard InChI is InChI=1S/C16H13BrClNO3/c17-12-3-7-14(8-4-12)22-10-16(21)19-9-15(20)11-1-5-13(18)6-2-11/h1-8H,9-10H2,(H,19,21). The van der Waals surface area contributed by atoms with Gasteiger partial charge in [-0.15, -0.1) is 0 Å². The molecule has 0 atom stereocenters. The molecule has 2 rings (SSSR count). The van der Waals surface area contributed by atoms with Crippen LogP contribution in [0.2, 0.25) is 5.02 Å². The molecule has 114 valence electrons. The second kappa shape index (κ2) is 7.96. The number of amides is 1. The molecule has 0 spiro atoms. The van der Waals surface area contributed by atoms with Gasteiger partial charge in [0.2, 0.25) is 0 Å². The van der Waals surface area contributed by atoms with Gasteiger partial charge in [0.25, 0.3) is 5.91 Å². The average molecular weight is 383 g/mol. The highest BCUT2D eigenvalue weighted by Gasteiger charge is 2.08. The minimum absolute atomic E-state index is 0.0792. The Morgan fingerprint density at radius 1 is 1.05 bits per heavy atom. The van der Waals surface area contributed by atoms with Crippen LogP contribution < -0.4 is 10.1 Å². The highest BCUT2D eigenvalue weighted by atomic mass is 79.9. The Morgan fingerprint density at radius 3 is 2.32 bits per heavy atom. The van der Waals surface area contributed by atoms with E-state index in [4.69, 9.17) is 16.3 Å². The summed E-state index contributed by atoms with van der Waals surface area (Å²) in [6, 6.07) is 13.6. The molecule has 0 fully saturated rings. The lowest BCUT2D eigenvalue weighted by Crippen LogP contribution is -2.33. The van der Waals surface area contributed by atoms with Crippen molar-refractivity contribution in [1.82, 2.24) is 5.32 Å². The molecule has 0 saturated heterocycles. The van der Waals surface area contributed by atoms with Gasteiger partial charge in [0.05, 0.1) is 6.54 Å². The molecule has 0 saturated carbocycles. The van der Waals surface area contributed by atoms with Crippen LogP contribution in [0.5, 0.6) is 5.75 Å². The lowest BCUT2D eigenvalue weighted by Gasteiger charge is -2.07. The fourth-order valence-electron chi connectivity index (χ4n) is 1.65. The molecule has 0 bridgehead atoms. The quantitative estimate of drug-likeness (QED) is 0.778. The fraction of sp³-hybridized carbons (Fsp3) is 0.125. The van der Waals surface area contributed by atoms with Gasteiger partial charge >= 0.3 is 0 Å². The van der Waals surface area contributed by atoms with E-state index in [2.05, 4.69) is 21.2 Å². The van der Waals surface area contributed by atoms with Crippen LogP contribution in [0.15, 0.2) is 53.0 Å². The Morgan fingerprint density at radius 2 is 1.68 bits per heavy atom. The number of halogens is 2. The summed E-state index contributed by atoms with van der Waals surface area (Å²) in [6.45, 7) is -0.223. The van der Waals surface area contributed by atoms with Gasteiger partial charge in [-0.2, -0.15) is 0 Å². The summed E-state index contributed by atoms with van der Waals surface area (Å²) in [5.74, 6) is 0.0428. The Kier molecular flexibility index (Phi) is 5.98. The molecule has 2 aromatic carbocycles. The van der Waals surface area contributed by atoms with E-state index in [1.165, 1.54) is 0 Å². The van der Waals surface area contributed by atoms with Gasteiger partial charge in [-0.3, -0.25) is 9.59 Å². The summed E-state index contributed by atoms with van der Waals surface area (Å²) in [7, 11) is 0. The van der Waals surface area contributed by atoms with Gasteiger partial charge in [-0.05, 0) is 48.5 Å². The van der Waals surface area contributed by atoms with E-state index >= 15 is 0 Å². The van der Waals surface area contributed by atoms with Crippen LogP contribution in [-0.2, 0) is 4.79 Å². The molecule has 0 aliphatic heterocycles. The number of ketones is 1. The SMILES string of the molecule is O=C(COc1ccc(Br)cc1)NCC(=O)c1ccc(Cl)cc1. The number of hydrogen-bond acceptors (Lipinski definition) is 3. The molecule has 0 unspecified atom stereocenters. The van der Waals surface area contributed by atoms with Crippen molar-refractivity contribution in [2.24, 2.45) is 0 Å². The normalized spacial score (nSPS) is 10.1. The third-order valence-corrected chi connectivity index (χ3v) is 3.58. The van der Waals surface area contributed by atoms with E-state index < -0.39 is 0 Å². The third-order valence-electron chi connectivity index (χ3n) is 2.80. The fourth-order valence-corrected chi connectivity index (χ4v) is 2.04. The zero-order chi connectivity index (χ0) is 15.9. The van der Waals surface area contributed by atoms with Gasteiger partial charge < -0.3 is 10.1 Å². The van der Waals surface area contributed by atoms with E-state index in [0.717, 1.165) is 4.47 Å². The summed E-state index contributed by atoms with van der Waals surface area (Å²) >= 11 is 9.06. The Hall–Kier alpha value is -1.85. The highest BCUT2D eigenvalue weighted by Crippen LogP contribution is 2.15. The maximum atomic E-state index is 11.9. The maximum Gasteiger partial charge on any atom is 0.258 e. The summed E-state index contributed by atoms with van der Waals surface area (Å²) in [6.07, 6.45) is 0. The van der Waals surface area contributed by atoms with E-state index in [1.54, 1.807) is 36.4 Å². The molecule has 0 aromatic heterocycles. The number of benzene rings is 2. The van der Waals surface area contributed by atoms with Crippen LogP contribution in [0.25, 0.3) is 0 Å². The van der Waals surface area contributed by atoms with E-state index in [-0.39, 0.29) is 24.8 Å². The highest BCUT2D eigenvalue weighted by molar-refractivity contribution is 9.10. The molecule has 1 amide bonds. The first-order chi connectivity index (χ1) is 10.5. The van der Waals surface area contributed by atoms with Gasteiger partial charge in [0, 0.05) is 15.1 Å². The lowest BCUT2D eigenvalue weighted by molar-refractivity contribution is -0.122. The van der Waals surface area contributed by atoms with Gasteiger partial charge in [0.15, 0.2) is 12.4 Å². The number of ether oxygens (including phenoxy) is 1. The predicted molar refractivity (Wildman–Crippen MR) is 88.4 cm³/mol. The monoisotopic (exact) mass is 381 g/mol. The van der Waals surface area contributed by atoms with Crippen molar-refractivity contribution in [3.05, 3.63) is 63.6 Å². The van der Waals surface area contributed by atoms with Crippen molar-refractivity contribution in [3.63, 3.8) is 0 Å². The maximum absolute atomic E-state index is 11.9. The van der Waals surface area contributed by atoms with E-state index in [1.807, 2.05) is 12.1 Å². The van der Waals surface area contributed by atoms with Gasteiger partial charge in [-0.25, -0.2) is 0 Å². The van der Waals surface area contributed by atoms with Crippen LogP contribution in [0, 0.1) is 0 Å². The first-order valence-corrected chi connectivity index (χ1v) is 7.65. The summed E-state index contributed by atoms with van der Waals surface area (Å²) in [5.41, 5.74) is 0.499. The molecule has 6 heteroatoms. The second-order valence-electron chi connectivity index (χ2n) is 4.45. The molecular weight excluding hydrogens is 370 g/mol. The molecule has 0 aliphatic carbocycles. The molecule has 4 nitrogen and oxygen atoms in total. The molecule has 2 aromatic rings. The number of carbonyl (C=O) groups excluding carboxylic acids is 2. The number of nitrogens with one attached hydrogen (secondary N) is 1. The van der Waals surface area contributed by atoms with Gasteiger partial charge in [0.1, 0.15) is 5.75 Å². The van der Waals surface area contributed by atoms with Crippen LogP contribution >= 0.6 is 27.5 Å². The van der Waals surface area contributed by atoms with Crippen LogP contribution in [0.1, 0.15) is 10.4 Å². The first kappa shape index (κ1) is 16.5. The van der Waals surface area contributed by atoms with E-state index in [9.17, 15) is 9.59 Å². The largest absolute Gasteiger partial charge is 0.484 e. The predicted octanol–water partition coefficient (Wildman–Crippen LogP) is 3.48. The summed E-state index contributed by atoms with van der Waals surface area (Å²) in [5, 5.41) is 3.08. The summed E-state index contributed by atoms with van der Waals surface area (Å²) in [4.78, 5) is 23.5. The Bertz CT molecular complexity index is 656. The van der Waals surface area contributed by atoms with Crippen molar-refractivity contribution < 1.29 is 14.3 Å². The third kappa shape index (κ3) is 5.16. The molecule has 22 heavy (non-hydrogen) atoms. The minimum Gasteiger partial charge on any atom is -0.484 e. The van der Waals surface area contributed by atoms with Crippen LogP contribution in [0.3, 0.4) is 0 Å². The van der Waals surface area contributed by atoms with Crippen LogP contribution in [0.4, 0.5) is 0 Å². The van der Waals surface area contributed by atoms with E-state index in [0.29, 0.717) is 16.3 Å². The van der Waals surface area contributed by atoms with Crippen molar-refractivity contribution in [2.45, 2.75) is 0 Å². The zero-order valence-electron chi connectivity index (χ0n) is 11.5. The first-order valence-electron chi connectivity index (χ1n) is 6.48. The van der Waals surface area contributed by atoms with Crippen molar-refractivity contribution >= 4 is 39.2 Å². The number of Topliss-reactive ketones (excluding diaryl/α,β-unsaturated/α-hetero) is 1. The Labute approximate surface area is 141 Å². The van der Waals surface area contributed by atoms with Gasteiger partial charge in [-0.1, -0.05) is 27.5 Å². The summed E-state index contributed by atoms with van der Waals surface area (Å²) < 4.78 is 6.24. The molecule has 0 heterocycles.